The lowest BCUT2D eigenvalue weighted by Gasteiger charge is -1.90. The fraction of sp³-hybridized carbons (Fsp3) is 0.167. The van der Waals surface area contributed by atoms with E-state index in [4.69, 9.17) is 0 Å². The van der Waals surface area contributed by atoms with Gasteiger partial charge in [0, 0.05) is 6.92 Å². The Morgan fingerprint density at radius 2 is 2.00 bits per heavy atom. The first-order valence-electron chi connectivity index (χ1n) is 4.89. The van der Waals surface area contributed by atoms with E-state index in [1.54, 1.807) is 11.5 Å². The van der Waals surface area contributed by atoms with Gasteiger partial charge in [-0.15, -0.1) is 3.96 Å². The minimum atomic E-state index is 1.01. The number of allylic oxidation sites excluding steroid dienone is 1. The van der Waals surface area contributed by atoms with E-state index in [0.717, 1.165) is 16.4 Å². The van der Waals surface area contributed by atoms with Crippen LogP contribution >= 0.6 is 11.5 Å². The molecule has 76 valence electrons. The molecule has 0 saturated heterocycles. The molecule has 0 aliphatic heterocycles. The summed E-state index contributed by atoms with van der Waals surface area (Å²) in [6, 6.07) is 10.2. The first-order chi connectivity index (χ1) is 7.31. The third-order valence-electron chi connectivity index (χ3n) is 2.02. The lowest BCUT2D eigenvalue weighted by molar-refractivity contribution is -0.480. The molecule has 2 aromatic rings. The Kier molecular flexibility index (Phi) is 2.92. The van der Waals surface area contributed by atoms with Gasteiger partial charge in [0.15, 0.2) is 0 Å². The summed E-state index contributed by atoms with van der Waals surface area (Å²) in [6.07, 6.45) is 4.05. The summed E-state index contributed by atoms with van der Waals surface area (Å²) in [5.74, 6) is 1.01. The van der Waals surface area contributed by atoms with Crippen molar-refractivity contribution in [3.8, 4) is 11.4 Å². The third-order valence-corrected chi connectivity index (χ3v) is 2.87. The molecule has 0 unspecified atom stereocenters. The second kappa shape index (κ2) is 4.36. The SMILES string of the molecule is C/C=C/[n+]1sc(C)nc1-c1ccccc1. The Morgan fingerprint density at radius 3 is 2.67 bits per heavy atom. The summed E-state index contributed by atoms with van der Waals surface area (Å²) in [5.41, 5.74) is 1.15. The quantitative estimate of drug-likeness (QED) is 0.707. The summed E-state index contributed by atoms with van der Waals surface area (Å²) < 4.78 is 2.09. The van der Waals surface area contributed by atoms with Crippen LogP contribution < -0.4 is 3.96 Å². The molecule has 15 heavy (non-hydrogen) atoms. The molecule has 0 saturated carbocycles. The summed E-state index contributed by atoms with van der Waals surface area (Å²) >= 11 is 1.65. The van der Waals surface area contributed by atoms with E-state index in [1.165, 1.54) is 0 Å². The van der Waals surface area contributed by atoms with Gasteiger partial charge in [-0.2, -0.15) is 0 Å². The zero-order chi connectivity index (χ0) is 10.7. The van der Waals surface area contributed by atoms with Crippen molar-refractivity contribution >= 4 is 17.7 Å². The highest BCUT2D eigenvalue weighted by atomic mass is 32.1. The molecule has 2 rings (SSSR count). The highest BCUT2D eigenvalue weighted by Crippen LogP contribution is 2.15. The molecule has 2 nitrogen and oxygen atoms in total. The molecule has 0 N–H and O–H groups in total. The predicted octanol–water partition coefficient (Wildman–Crippen LogP) is 2.90. The highest BCUT2D eigenvalue weighted by Gasteiger charge is 2.17. The summed E-state index contributed by atoms with van der Waals surface area (Å²) in [5, 5.41) is 1.08. The summed E-state index contributed by atoms with van der Waals surface area (Å²) in [4.78, 5) is 4.53. The van der Waals surface area contributed by atoms with Crippen molar-refractivity contribution in [1.29, 1.82) is 0 Å². The van der Waals surface area contributed by atoms with Crippen LogP contribution in [0.15, 0.2) is 36.4 Å². The van der Waals surface area contributed by atoms with Gasteiger partial charge in [0.1, 0.15) is 6.20 Å². The van der Waals surface area contributed by atoms with Crippen molar-refractivity contribution in [2.75, 3.05) is 0 Å². The van der Waals surface area contributed by atoms with Crippen LogP contribution in [-0.4, -0.2) is 4.98 Å². The highest BCUT2D eigenvalue weighted by molar-refractivity contribution is 7.01. The number of rotatable bonds is 2. The first-order valence-corrected chi connectivity index (χ1v) is 5.66. The van der Waals surface area contributed by atoms with Crippen LogP contribution in [0.25, 0.3) is 17.6 Å². The number of hydrogen-bond acceptors (Lipinski definition) is 2. The molecular weight excluding hydrogens is 204 g/mol. The van der Waals surface area contributed by atoms with Crippen LogP contribution in [0, 0.1) is 6.92 Å². The Bertz CT molecular complexity index is 472. The second-order valence-electron chi connectivity index (χ2n) is 3.22. The van der Waals surface area contributed by atoms with E-state index in [2.05, 4.69) is 21.1 Å². The number of aromatic nitrogens is 2. The minimum absolute atomic E-state index is 1.01. The van der Waals surface area contributed by atoms with Gasteiger partial charge in [-0.1, -0.05) is 18.2 Å². The van der Waals surface area contributed by atoms with Crippen molar-refractivity contribution in [3.05, 3.63) is 41.4 Å². The standard InChI is InChI=1S/C12H13N2S/c1-3-9-14-12(13-10(2)15-14)11-7-5-4-6-8-11/h3-9H,1-2H3/q+1/b9-3+. The van der Waals surface area contributed by atoms with Crippen molar-refractivity contribution in [3.63, 3.8) is 0 Å². The maximum atomic E-state index is 4.53. The topological polar surface area (TPSA) is 16.8 Å². The molecule has 0 atom stereocenters. The van der Waals surface area contributed by atoms with Crippen LogP contribution in [0.1, 0.15) is 11.9 Å². The summed E-state index contributed by atoms with van der Waals surface area (Å²) in [6.45, 7) is 4.04. The number of benzene rings is 1. The first kappa shape index (κ1) is 10.1. The van der Waals surface area contributed by atoms with Crippen LogP contribution in [0.5, 0.6) is 0 Å². The lowest BCUT2D eigenvalue weighted by Crippen LogP contribution is -2.22. The maximum absolute atomic E-state index is 4.53. The van der Waals surface area contributed by atoms with E-state index >= 15 is 0 Å². The normalized spacial score (nSPS) is 11.1. The van der Waals surface area contributed by atoms with E-state index in [-0.39, 0.29) is 0 Å². The molecule has 1 aromatic carbocycles. The predicted molar refractivity (Wildman–Crippen MR) is 63.5 cm³/mol. The third kappa shape index (κ3) is 2.13. The molecule has 0 spiro atoms. The Labute approximate surface area is 93.7 Å². The van der Waals surface area contributed by atoms with Gasteiger partial charge < -0.3 is 0 Å². The molecule has 0 amide bonds. The Morgan fingerprint density at radius 1 is 1.27 bits per heavy atom. The average Bonchev–Trinajstić information content (AvgIpc) is 2.62. The second-order valence-corrected chi connectivity index (χ2v) is 4.39. The smallest absolute Gasteiger partial charge is 0.140 e. The number of aryl methyl sites for hydroxylation is 1. The summed E-state index contributed by atoms with van der Waals surface area (Å²) in [7, 11) is 0. The number of hydrogen-bond donors (Lipinski definition) is 0. The van der Waals surface area contributed by atoms with E-state index in [9.17, 15) is 0 Å². The van der Waals surface area contributed by atoms with Crippen molar-refractivity contribution < 1.29 is 3.96 Å². The Balaban J connectivity index is 2.52. The molecule has 0 aliphatic rings. The molecule has 1 heterocycles. The van der Waals surface area contributed by atoms with Gasteiger partial charge in [-0.3, -0.25) is 0 Å². The maximum Gasteiger partial charge on any atom is 0.347 e. The van der Waals surface area contributed by atoms with Gasteiger partial charge in [0.05, 0.1) is 17.1 Å². The largest absolute Gasteiger partial charge is 0.347 e. The fourth-order valence-electron chi connectivity index (χ4n) is 1.42. The number of nitrogens with zero attached hydrogens (tertiary/aromatic N) is 2. The fourth-order valence-corrected chi connectivity index (χ4v) is 2.25. The van der Waals surface area contributed by atoms with Crippen molar-refractivity contribution in [2.45, 2.75) is 13.8 Å². The van der Waals surface area contributed by atoms with E-state index in [0.29, 0.717) is 0 Å². The van der Waals surface area contributed by atoms with Crippen molar-refractivity contribution in [2.24, 2.45) is 0 Å². The van der Waals surface area contributed by atoms with Gasteiger partial charge in [0.2, 0.25) is 5.01 Å². The van der Waals surface area contributed by atoms with Crippen molar-refractivity contribution in [1.82, 2.24) is 4.98 Å². The molecular formula is C12H13N2S+. The monoisotopic (exact) mass is 217 g/mol. The van der Waals surface area contributed by atoms with Crippen LogP contribution in [0.4, 0.5) is 0 Å². The average molecular weight is 217 g/mol. The molecule has 1 aromatic heterocycles. The van der Waals surface area contributed by atoms with Gasteiger partial charge in [-0.25, -0.2) is 0 Å². The van der Waals surface area contributed by atoms with Crippen LogP contribution in [0.2, 0.25) is 0 Å². The molecule has 0 fully saturated rings. The van der Waals surface area contributed by atoms with E-state index < -0.39 is 0 Å². The zero-order valence-electron chi connectivity index (χ0n) is 8.84. The minimum Gasteiger partial charge on any atom is -0.140 e. The van der Waals surface area contributed by atoms with Gasteiger partial charge in [-0.05, 0) is 30.1 Å². The molecule has 3 heteroatoms. The van der Waals surface area contributed by atoms with Crippen LogP contribution in [0.3, 0.4) is 0 Å². The molecule has 0 bridgehead atoms. The molecule has 0 radical (unpaired) electrons. The lowest BCUT2D eigenvalue weighted by atomic mass is 10.2. The molecule has 0 aliphatic carbocycles. The van der Waals surface area contributed by atoms with Crippen LogP contribution in [-0.2, 0) is 0 Å². The zero-order valence-corrected chi connectivity index (χ0v) is 9.66. The van der Waals surface area contributed by atoms with Gasteiger partial charge in [0.25, 0.3) is 0 Å². The Hall–Kier alpha value is -1.48. The van der Waals surface area contributed by atoms with E-state index in [1.807, 2.05) is 44.3 Å². The van der Waals surface area contributed by atoms with Gasteiger partial charge >= 0.3 is 5.82 Å².